The third-order valence-corrected chi connectivity index (χ3v) is 3.36. The lowest BCUT2D eigenvalue weighted by atomic mass is 9.93. The molecule has 6 heteroatoms. The third kappa shape index (κ3) is 3.68. The van der Waals surface area contributed by atoms with Crippen LogP contribution >= 0.6 is 0 Å². The number of carbonyl (C=O) groups is 3. The molecule has 19 heavy (non-hydrogen) atoms. The van der Waals surface area contributed by atoms with Gasteiger partial charge in [0.05, 0.1) is 0 Å². The van der Waals surface area contributed by atoms with Crippen molar-refractivity contribution < 1.29 is 14.4 Å². The highest BCUT2D eigenvalue weighted by molar-refractivity contribution is 5.92. The summed E-state index contributed by atoms with van der Waals surface area (Å²) in [5.74, 6) is -0.926. The third-order valence-electron chi connectivity index (χ3n) is 3.36. The minimum Gasteiger partial charge on any atom is -0.368 e. The van der Waals surface area contributed by atoms with Crippen LogP contribution in [0.4, 0.5) is 0 Å². The fraction of sp³-hybridized carbons (Fsp3) is 0.769. The van der Waals surface area contributed by atoms with Gasteiger partial charge in [0, 0.05) is 12.5 Å². The summed E-state index contributed by atoms with van der Waals surface area (Å²) in [7, 11) is 1.63. The molecule has 1 saturated heterocycles. The lowest BCUT2D eigenvalue weighted by Crippen LogP contribution is -2.53. The minimum atomic E-state index is -0.629. The zero-order valence-electron chi connectivity index (χ0n) is 12.0. The molecule has 0 saturated carbocycles. The molecule has 0 bridgehead atoms. The molecule has 1 fully saturated rings. The predicted octanol–water partition coefficient (Wildman–Crippen LogP) is 0.0135. The van der Waals surface area contributed by atoms with Crippen LogP contribution < -0.4 is 11.1 Å². The van der Waals surface area contributed by atoms with E-state index < -0.39 is 23.4 Å². The predicted molar refractivity (Wildman–Crippen MR) is 71.0 cm³/mol. The summed E-state index contributed by atoms with van der Waals surface area (Å²) in [6.07, 6.45) is 1.75. The van der Waals surface area contributed by atoms with Crippen molar-refractivity contribution in [3.05, 3.63) is 0 Å². The minimum absolute atomic E-state index is 0.0924. The van der Waals surface area contributed by atoms with Gasteiger partial charge in [0.2, 0.25) is 17.7 Å². The number of carbonyl (C=O) groups excluding carboxylic acids is 3. The van der Waals surface area contributed by atoms with Gasteiger partial charge < -0.3 is 16.0 Å². The van der Waals surface area contributed by atoms with E-state index in [2.05, 4.69) is 5.32 Å². The van der Waals surface area contributed by atoms with Crippen molar-refractivity contribution in [2.45, 2.75) is 52.1 Å². The van der Waals surface area contributed by atoms with Crippen molar-refractivity contribution in [3.63, 3.8) is 0 Å². The van der Waals surface area contributed by atoms with Gasteiger partial charge in [-0.2, -0.15) is 0 Å². The average Bonchev–Trinajstić information content (AvgIpc) is 2.48. The first-order valence-corrected chi connectivity index (χ1v) is 6.51. The molecule has 0 aromatic carbocycles. The Balaban J connectivity index is 2.81. The van der Waals surface area contributed by atoms with E-state index in [9.17, 15) is 14.4 Å². The maximum atomic E-state index is 12.2. The Morgan fingerprint density at radius 1 is 1.32 bits per heavy atom. The van der Waals surface area contributed by atoms with Crippen molar-refractivity contribution in [1.29, 1.82) is 0 Å². The molecular weight excluding hydrogens is 246 g/mol. The van der Waals surface area contributed by atoms with Crippen molar-refractivity contribution in [1.82, 2.24) is 10.2 Å². The Labute approximate surface area is 113 Å². The van der Waals surface area contributed by atoms with E-state index in [0.29, 0.717) is 19.3 Å². The molecule has 0 aromatic heterocycles. The standard InChI is InChI=1S/C13H23N3O3/c1-13(2,3)12(19)16(4)9-7-5-6-8(10(14)17)15-11(9)18/h8-9H,5-7H2,1-4H3,(H2,14,17)(H,15,18)/t8-,9-/m0/s1. The van der Waals surface area contributed by atoms with Crippen LogP contribution in [0.5, 0.6) is 0 Å². The molecule has 1 heterocycles. The summed E-state index contributed by atoms with van der Waals surface area (Å²) >= 11 is 0. The molecule has 3 N–H and O–H groups in total. The van der Waals surface area contributed by atoms with Gasteiger partial charge in [0.1, 0.15) is 12.1 Å². The summed E-state index contributed by atoms with van der Waals surface area (Å²) in [6.45, 7) is 5.44. The van der Waals surface area contributed by atoms with E-state index in [0.717, 1.165) is 0 Å². The number of nitrogens with one attached hydrogen (secondary N) is 1. The van der Waals surface area contributed by atoms with E-state index in [1.54, 1.807) is 7.05 Å². The molecule has 0 aromatic rings. The first kappa shape index (κ1) is 15.5. The van der Waals surface area contributed by atoms with Crippen LogP contribution in [0.25, 0.3) is 0 Å². The zero-order valence-corrected chi connectivity index (χ0v) is 12.0. The molecule has 3 amide bonds. The Morgan fingerprint density at radius 2 is 1.89 bits per heavy atom. The van der Waals surface area contributed by atoms with Crippen LogP contribution in [0.1, 0.15) is 40.0 Å². The van der Waals surface area contributed by atoms with Gasteiger partial charge in [0.15, 0.2) is 0 Å². The molecule has 0 radical (unpaired) electrons. The van der Waals surface area contributed by atoms with Gasteiger partial charge in [-0.15, -0.1) is 0 Å². The Hall–Kier alpha value is -1.59. The highest BCUT2D eigenvalue weighted by Crippen LogP contribution is 2.21. The van der Waals surface area contributed by atoms with Crippen LogP contribution in [0.15, 0.2) is 0 Å². The van der Waals surface area contributed by atoms with E-state index >= 15 is 0 Å². The summed E-state index contributed by atoms with van der Waals surface area (Å²) < 4.78 is 0. The maximum absolute atomic E-state index is 12.2. The van der Waals surface area contributed by atoms with Gasteiger partial charge in [-0.25, -0.2) is 0 Å². The molecular formula is C13H23N3O3. The second-order valence-corrected chi connectivity index (χ2v) is 6.08. The number of primary amides is 1. The molecule has 6 nitrogen and oxygen atoms in total. The number of nitrogens with zero attached hydrogens (tertiary/aromatic N) is 1. The first-order valence-electron chi connectivity index (χ1n) is 6.51. The van der Waals surface area contributed by atoms with Crippen molar-refractivity contribution in [3.8, 4) is 0 Å². The second kappa shape index (κ2) is 5.59. The Kier molecular flexibility index (Phi) is 4.55. The lowest BCUT2D eigenvalue weighted by molar-refractivity contribution is -0.145. The molecule has 1 rings (SSSR count). The molecule has 0 spiro atoms. The summed E-state index contributed by atoms with van der Waals surface area (Å²) in [4.78, 5) is 36.9. The Bertz CT molecular complexity index is 387. The summed E-state index contributed by atoms with van der Waals surface area (Å²) in [6, 6.07) is -1.16. The molecule has 1 aliphatic rings. The highest BCUT2D eigenvalue weighted by Gasteiger charge is 2.35. The van der Waals surface area contributed by atoms with Crippen LogP contribution in [0.3, 0.4) is 0 Å². The van der Waals surface area contributed by atoms with Gasteiger partial charge in [-0.05, 0) is 19.3 Å². The fourth-order valence-electron chi connectivity index (χ4n) is 2.24. The maximum Gasteiger partial charge on any atom is 0.243 e. The van der Waals surface area contributed by atoms with Crippen LogP contribution in [-0.4, -0.2) is 41.8 Å². The molecule has 108 valence electrons. The van der Waals surface area contributed by atoms with Crippen molar-refractivity contribution >= 4 is 17.7 Å². The number of nitrogens with two attached hydrogens (primary N) is 1. The van der Waals surface area contributed by atoms with Crippen molar-refractivity contribution in [2.24, 2.45) is 11.1 Å². The quantitative estimate of drug-likeness (QED) is 0.739. The fourth-order valence-corrected chi connectivity index (χ4v) is 2.24. The monoisotopic (exact) mass is 269 g/mol. The summed E-state index contributed by atoms with van der Waals surface area (Å²) in [5.41, 5.74) is 4.68. The number of hydrogen-bond donors (Lipinski definition) is 2. The van der Waals surface area contributed by atoms with Gasteiger partial charge >= 0.3 is 0 Å². The SMILES string of the molecule is CN(C(=O)C(C)(C)C)[C@H]1CCC[C@@H](C(N)=O)NC1=O. The van der Waals surface area contributed by atoms with Crippen LogP contribution in [0.2, 0.25) is 0 Å². The van der Waals surface area contributed by atoms with E-state index in [-0.39, 0.29) is 11.8 Å². The molecule has 2 atom stereocenters. The topological polar surface area (TPSA) is 92.5 Å². The van der Waals surface area contributed by atoms with Gasteiger partial charge in [0.25, 0.3) is 0 Å². The second-order valence-electron chi connectivity index (χ2n) is 6.08. The number of amides is 3. The normalized spacial score (nSPS) is 24.3. The van der Waals surface area contributed by atoms with Gasteiger partial charge in [-0.1, -0.05) is 20.8 Å². The van der Waals surface area contributed by atoms with Crippen LogP contribution in [-0.2, 0) is 14.4 Å². The lowest BCUT2D eigenvalue weighted by Gasteiger charge is -2.31. The van der Waals surface area contributed by atoms with Crippen LogP contribution in [0, 0.1) is 5.41 Å². The van der Waals surface area contributed by atoms with Gasteiger partial charge in [-0.3, -0.25) is 14.4 Å². The number of hydrogen-bond acceptors (Lipinski definition) is 3. The first-order chi connectivity index (χ1) is 8.64. The van der Waals surface area contributed by atoms with E-state index in [4.69, 9.17) is 5.73 Å². The van der Waals surface area contributed by atoms with E-state index in [1.165, 1.54) is 4.90 Å². The number of rotatable bonds is 2. The largest absolute Gasteiger partial charge is 0.368 e. The highest BCUT2D eigenvalue weighted by atomic mass is 16.2. The average molecular weight is 269 g/mol. The smallest absolute Gasteiger partial charge is 0.243 e. The summed E-state index contributed by atoms with van der Waals surface area (Å²) in [5, 5.41) is 2.61. The zero-order chi connectivity index (χ0) is 14.8. The molecule has 1 aliphatic heterocycles. The van der Waals surface area contributed by atoms with Crippen molar-refractivity contribution in [2.75, 3.05) is 7.05 Å². The number of likely N-dealkylation sites (N-methyl/N-ethyl adjacent to an activating group) is 1. The van der Waals surface area contributed by atoms with E-state index in [1.807, 2.05) is 20.8 Å². The molecule has 0 aliphatic carbocycles. The molecule has 0 unspecified atom stereocenters. The Morgan fingerprint density at radius 3 is 2.37 bits per heavy atom.